The van der Waals surface area contributed by atoms with Gasteiger partial charge in [-0.2, -0.15) is 0 Å². The highest BCUT2D eigenvalue weighted by molar-refractivity contribution is 9.10. The van der Waals surface area contributed by atoms with E-state index in [-0.39, 0.29) is 18.2 Å². The standard InChI is InChI=1S/C17H19BrN2O4/c18-12-1-2-14-13(7-12)11(8-19-14)6-15(17(22)23)20-16(21)5-10-3-4-24-9-10/h1-2,7-8,10,15,19H,3-6,9H2,(H,20,21)(H,22,23)/t10-,15-/m1/s1. The number of rotatable bonds is 6. The highest BCUT2D eigenvalue weighted by Crippen LogP contribution is 2.24. The Balaban J connectivity index is 1.69. The number of carboxylic acid groups (broad SMARTS) is 1. The van der Waals surface area contributed by atoms with Gasteiger partial charge in [0.15, 0.2) is 0 Å². The molecular weight excluding hydrogens is 376 g/mol. The molecule has 6 nitrogen and oxygen atoms in total. The number of hydrogen-bond acceptors (Lipinski definition) is 3. The number of carbonyl (C=O) groups excluding carboxylic acids is 1. The molecule has 3 N–H and O–H groups in total. The zero-order valence-corrected chi connectivity index (χ0v) is 14.6. The fraction of sp³-hybridized carbons (Fsp3) is 0.412. The van der Waals surface area contributed by atoms with Crippen molar-refractivity contribution >= 4 is 38.7 Å². The van der Waals surface area contributed by atoms with Gasteiger partial charge in [-0.25, -0.2) is 4.79 Å². The largest absolute Gasteiger partial charge is 0.480 e. The summed E-state index contributed by atoms with van der Waals surface area (Å²) >= 11 is 3.42. The first-order valence-electron chi connectivity index (χ1n) is 7.88. The van der Waals surface area contributed by atoms with Crippen LogP contribution in [0.4, 0.5) is 0 Å². The Hall–Kier alpha value is -1.86. The number of H-pyrrole nitrogens is 1. The van der Waals surface area contributed by atoms with Crippen molar-refractivity contribution in [1.82, 2.24) is 10.3 Å². The molecule has 1 aliphatic heterocycles. The number of ether oxygens (including phenoxy) is 1. The predicted octanol–water partition coefficient (Wildman–Crippen LogP) is 2.47. The maximum Gasteiger partial charge on any atom is 0.326 e. The van der Waals surface area contributed by atoms with E-state index in [2.05, 4.69) is 26.2 Å². The Kier molecular flexibility index (Phi) is 5.20. The van der Waals surface area contributed by atoms with E-state index in [1.807, 2.05) is 18.2 Å². The molecule has 0 spiro atoms. The minimum absolute atomic E-state index is 0.184. The summed E-state index contributed by atoms with van der Waals surface area (Å²) in [4.78, 5) is 26.8. The Morgan fingerprint density at radius 1 is 1.46 bits per heavy atom. The number of aromatic nitrogens is 1. The summed E-state index contributed by atoms with van der Waals surface area (Å²) in [6.07, 6.45) is 3.19. The summed E-state index contributed by atoms with van der Waals surface area (Å²) in [7, 11) is 0. The van der Waals surface area contributed by atoms with Crippen molar-refractivity contribution in [2.75, 3.05) is 13.2 Å². The lowest BCUT2D eigenvalue weighted by Crippen LogP contribution is -2.42. The molecule has 128 valence electrons. The Morgan fingerprint density at radius 3 is 3.00 bits per heavy atom. The minimum Gasteiger partial charge on any atom is -0.480 e. The first-order valence-corrected chi connectivity index (χ1v) is 8.67. The molecule has 2 atom stereocenters. The lowest BCUT2D eigenvalue weighted by molar-refractivity contribution is -0.141. The smallest absolute Gasteiger partial charge is 0.326 e. The summed E-state index contributed by atoms with van der Waals surface area (Å²) in [5.74, 6) is -1.09. The predicted molar refractivity (Wildman–Crippen MR) is 92.8 cm³/mol. The average molecular weight is 395 g/mol. The second kappa shape index (κ2) is 7.36. The maximum absolute atomic E-state index is 12.1. The lowest BCUT2D eigenvalue weighted by Gasteiger charge is -2.15. The molecule has 0 radical (unpaired) electrons. The van der Waals surface area contributed by atoms with Gasteiger partial charge >= 0.3 is 5.97 Å². The summed E-state index contributed by atoms with van der Waals surface area (Å²) in [6, 6.07) is 4.84. The summed E-state index contributed by atoms with van der Waals surface area (Å²) in [5, 5.41) is 13.0. The number of carboxylic acids is 1. The summed E-state index contributed by atoms with van der Waals surface area (Å²) in [6.45, 7) is 1.24. The van der Waals surface area contributed by atoms with E-state index in [0.29, 0.717) is 19.6 Å². The van der Waals surface area contributed by atoms with Gasteiger partial charge in [0, 0.05) is 47.6 Å². The second-order valence-electron chi connectivity index (χ2n) is 6.10. The molecule has 0 unspecified atom stereocenters. The molecular formula is C17H19BrN2O4. The number of amides is 1. The van der Waals surface area contributed by atoms with Crippen molar-refractivity contribution in [2.24, 2.45) is 5.92 Å². The maximum atomic E-state index is 12.1. The number of aromatic amines is 1. The van der Waals surface area contributed by atoms with Crippen LogP contribution in [0.3, 0.4) is 0 Å². The van der Waals surface area contributed by atoms with E-state index in [1.165, 1.54) is 0 Å². The number of hydrogen-bond donors (Lipinski definition) is 3. The van der Waals surface area contributed by atoms with Gasteiger partial charge in [0.2, 0.25) is 5.91 Å². The topological polar surface area (TPSA) is 91.4 Å². The number of fused-ring (bicyclic) bond motifs is 1. The van der Waals surface area contributed by atoms with Crippen LogP contribution in [0.15, 0.2) is 28.9 Å². The van der Waals surface area contributed by atoms with Gasteiger partial charge in [0.1, 0.15) is 6.04 Å². The van der Waals surface area contributed by atoms with E-state index in [9.17, 15) is 14.7 Å². The first kappa shape index (κ1) is 17.0. The van der Waals surface area contributed by atoms with Crippen LogP contribution in [0.2, 0.25) is 0 Å². The lowest BCUT2D eigenvalue weighted by atomic mass is 10.0. The van der Waals surface area contributed by atoms with Gasteiger partial charge in [-0.1, -0.05) is 15.9 Å². The number of carbonyl (C=O) groups is 2. The molecule has 1 aromatic carbocycles. The fourth-order valence-electron chi connectivity index (χ4n) is 3.00. The van der Waals surface area contributed by atoms with Crippen LogP contribution in [0.5, 0.6) is 0 Å². The van der Waals surface area contributed by atoms with Gasteiger partial charge in [-0.15, -0.1) is 0 Å². The number of benzene rings is 1. The molecule has 0 aliphatic carbocycles. The van der Waals surface area contributed by atoms with E-state index < -0.39 is 12.0 Å². The number of halogens is 1. The molecule has 1 aliphatic rings. The van der Waals surface area contributed by atoms with Crippen LogP contribution in [0, 0.1) is 5.92 Å². The minimum atomic E-state index is -1.03. The van der Waals surface area contributed by atoms with Gasteiger partial charge in [-0.05, 0) is 36.1 Å². The number of nitrogens with one attached hydrogen (secondary N) is 2. The third kappa shape index (κ3) is 3.96. The SMILES string of the molecule is O=C(C[C@H]1CCOC1)N[C@H](Cc1c[nH]c2ccc(Br)cc12)C(=O)O. The van der Waals surface area contributed by atoms with Gasteiger partial charge < -0.3 is 20.1 Å². The molecule has 1 fully saturated rings. The van der Waals surface area contributed by atoms with Crippen molar-refractivity contribution in [3.63, 3.8) is 0 Å². The third-order valence-electron chi connectivity index (χ3n) is 4.28. The molecule has 3 rings (SSSR count). The third-order valence-corrected chi connectivity index (χ3v) is 4.78. The molecule has 2 aromatic rings. The summed E-state index contributed by atoms with van der Waals surface area (Å²) in [5.41, 5.74) is 1.80. The first-order chi connectivity index (χ1) is 11.5. The van der Waals surface area contributed by atoms with Crippen LogP contribution in [0.1, 0.15) is 18.4 Å². The van der Waals surface area contributed by atoms with Crippen LogP contribution in [0.25, 0.3) is 10.9 Å². The van der Waals surface area contributed by atoms with Gasteiger partial charge in [0.05, 0.1) is 0 Å². The van der Waals surface area contributed by atoms with Crippen molar-refractivity contribution in [3.05, 3.63) is 34.4 Å². The normalized spacial score (nSPS) is 18.6. The van der Waals surface area contributed by atoms with Crippen molar-refractivity contribution in [1.29, 1.82) is 0 Å². The van der Waals surface area contributed by atoms with Gasteiger partial charge in [-0.3, -0.25) is 4.79 Å². The zero-order valence-electron chi connectivity index (χ0n) is 13.0. The van der Waals surface area contributed by atoms with Crippen LogP contribution < -0.4 is 5.32 Å². The van der Waals surface area contributed by atoms with Crippen molar-refractivity contribution in [2.45, 2.75) is 25.3 Å². The summed E-state index contributed by atoms with van der Waals surface area (Å²) < 4.78 is 6.17. The molecule has 2 heterocycles. The van der Waals surface area contributed by atoms with E-state index in [1.54, 1.807) is 6.20 Å². The van der Waals surface area contributed by atoms with Crippen LogP contribution in [-0.2, 0) is 20.7 Å². The van der Waals surface area contributed by atoms with Crippen molar-refractivity contribution in [3.8, 4) is 0 Å². The monoisotopic (exact) mass is 394 g/mol. The molecule has 1 amide bonds. The Labute approximate surface area is 147 Å². The second-order valence-corrected chi connectivity index (χ2v) is 7.02. The molecule has 1 aromatic heterocycles. The van der Waals surface area contributed by atoms with Gasteiger partial charge in [0.25, 0.3) is 0 Å². The van der Waals surface area contributed by atoms with E-state index in [4.69, 9.17) is 4.74 Å². The quantitative estimate of drug-likeness (QED) is 0.701. The number of aliphatic carboxylic acids is 1. The molecule has 7 heteroatoms. The molecule has 0 bridgehead atoms. The zero-order chi connectivity index (χ0) is 17.1. The molecule has 0 saturated carbocycles. The Morgan fingerprint density at radius 2 is 2.29 bits per heavy atom. The van der Waals surface area contributed by atoms with Crippen LogP contribution >= 0.6 is 15.9 Å². The molecule has 24 heavy (non-hydrogen) atoms. The van der Waals surface area contributed by atoms with E-state index in [0.717, 1.165) is 27.4 Å². The Bertz CT molecular complexity index is 752. The van der Waals surface area contributed by atoms with Crippen molar-refractivity contribution < 1.29 is 19.4 Å². The fourth-order valence-corrected chi connectivity index (χ4v) is 3.36. The highest BCUT2D eigenvalue weighted by Gasteiger charge is 2.25. The average Bonchev–Trinajstić information content (AvgIpc) is 3.16. The molecule has 1 saturated heterocycles. The van der Waals surface area contributed by atoms with Crippen LogP contribution in [-0.4, -0.2) is 41.2 Å². The van der Waals surface area contributed by atoms with E-state index >= 15 is 0 Å². The highest BCUT2D eigenvalue weighted by atomic mass is 79.9.